The van der Waals surface area contributed by atoms with Gasteiger partial charge in [0.05, 0.1) is 50.3 Å². The zero-order valence-corrected chi connectivity index (χ0v) is 91.7. The first-order valence-electron chi connectivity index (χ1n) is 43.3. The SMILES string of the molecule is CCCCCCCCc1ccc(C(=O)CBr)cc1.CCCCCCCCc1ccc(C(=O)CC(CC(C)=O)(C(=O)OCC)C(=O)OCC)cc1.CCCCCCCCc1ccc(CCC(CC(C)=O)(C(=O)OCC)C(=O)OCC)cc1.CCCCCCCCc1ccccc1.CCOC(=O)C(CC(C)=O)C(=O)OCC.I[I-]I.O=C(Cl)CBr.[Cl][Al]([Cl])[Cl].[H-].[Na+]. The summed E-state index contributed by atoms with van der Waals surface area (Å²) in [6.07, 6.45) is 35.1. The number of benzene rings is 4. The number of hydrogen-bond acceptors (Lipinski definition) is 18. The molecular weight excluding hydrogens is 2150 g/mol. The van der Waals surface area contributed by atoms with Gasteiger partial charge in [-0.3, -0.25) is 57.5 Å². The third-order valence-corrected chi connectivity index (χ3v) is 20.1. The first kappa shape index (κ1) is 129. The van der Waals surface area contributed by atoms with Gasteiger partial charge in [-0.25, -0.2) is 30.1 Å². The summed E-state index contributed by atoms with van der Waals surface area (Å²) in [6, 6.07) is 34.4. The van der Waals surface area contributed by atoms with Gasteiger partial charge in [0.1, 0.15) is 17.3 Å². The van der Waals surface area contributed by atoms with Crippen LogP contribution in [-0.2, 0) is 108 Å². The summed E-state index contributed by atoms with van der Waals surface area (Å²) in [5, 5.41) is 0.295. The number of esters is 6. The van der Waals surface area contributed by atoms with Crippen LogP contribution < -0.4 is 42.8 Å². The number of unbranched alkanes of at least 4 members (excludes halogenated alkanes) is 20. The Balaban J connectivity index is -0.000000349. The summed E-state index contributed by atoms with van der Waals surface area (Å²) in [4.78, 5) is 142. The van der Waals surface area contributed by atoms with E-state index in [1.165, 1.54) is 192 Å². The molecule has 0 radical (unpaired) electrons. The Labute approximate surface area is 830 Å². The van der Waals surface area contributed by atoms with E-state index in [0.717, 1.165) is 42.4 Å². The molecule has 0 atom stereocenters. The molecule has 0 aliphatic carbocycles. The smallest absolute Gasteiger partial charge is 1.00 e. The minimum absolute atomic E-state index is 0. The molecule has 123 heavy (non-hydrogen) atoms. The number of aryl methyl sites for hydroxylation is 5. The monoisotopic (exact) mass is 2290 g/mol. The molecule has 0 bridgehead atoms. The van der Waals surface area contributed by atoms with Crippen LogP contribution in [0.1, 0.15) is 326 Å². The average Bonchev–Trinajstić information content (AvgIpc) is 0.799. The normalized spacial score (nSPS) is 10.4. The molecular formula is C94H142AlBr2Cl4I3NaO18-. The molecule has 0 heterocycles. The van der Waals surface area contributed by atoms with Crippen molar-refractivity contribution in [3.8, 4) is 0 Å². The molecule has 694 valence electrons. The molecule has 4 rings (SSSR count). The summed E-state index contributed by atoms with van der Waals surface area (Å²) in [5.41, 5.74) is 3.93. The standard InChI is InChI=1S/C26H38O6.C26H40O5.C16H23BrO.C14H22.C10H16O5.C2H2BrClO.Al.3ClH.I3.Na.H/c1-5-8-9-10-11-12-13-21-14-16-22(17-15-21)23(28)19-26(18-20(4)27,24(29)31-6-2)25(30)32-7-3;1-5-8-9-10-11-12-13-22-14-16-23(17-15-22)18-19-26(20-21(4)27,24(28)30-6-2)25(29)31-7-3;1-2-3-4-5-6-7-8-14-9-11-15(12-10-14)16(18)13-17;1-2-3-4-5-6-8-11-14-12-9-7-10-13-14;1-4-14-9(12)8(6-7(3)11)10(13)15-5-2;3-1-2(4)5;;;;;1-3-2;;/h14-17H,5-13,18-19H2,1-4H3;14-17H,5-13,18-20H2,1-4H3;9-12H,2-8,13H2,1H3;7,9-10,12-13H,2-6,8,11H2,1H3;8H,4-6H2,1-3H3;1H2;;3*1H;;;/q;;;;;;+3;;;;-1;+1;-1/p-3. The predicted molar refractivity (Wildman–Crippen MR) is 521 cm³/mol. The number of alkyl halides is 2. The van der Waals surface area contributed by atoms with Crippen molar-refractivity contribution >= 4 is 192 Å². The zero-order valence-electron chi connectivity index (χ0n) is 76.9. The van der Waals surface area contributed by atoms with Crippen LogP contribution in [-0.4, -0.2) is 132 Å². The number of ether oxygens (including phenoxy) is 6. The summed E-state index contributed by atoms with van der Waals surface area (Å²) in [7, 11) is 14.8. The molecule has 0 amide bonds. The maximum Gasteiger partial charge on any atom is 1.00 e. The molecule has 18 nitrogen and oxygen atoms in total. The van der Waals surface area contributed by atoms with E-state index >= 15 is 0 Å². The minimum atomic E-state index is -1.97. The van der Waals surface area contributed by atoms with Gasteiger partial charge in [0, 0.05) is 36.8 Å². The van der Waals surface area contributed by atoms with Crippen LogP contribution in [0.15, 0.2) is 103 Å². The number of hydrogen-bond donors (Lipinski definition) is 0. The largest absolute Gasteiger partial charge is 1.00 e. The van der Waals surface area contributed by atoms with E-state index in [-0.39, 0.29) is 118 Å². The Morgan fingerprint density at radius 1 is 0.366 bits per heavy atom. The van der Waals surface area contributed by atoms with Gasteiger partial charge in [0.25, 0.3) is 0 Å². The maximum atomic E-state index is 13.0. The van der Waals surface area contributed by atoms with Crippen LogP contribution in [0.2, 0.25) is 0 Å². The Morgan fingerprint density at radius 2 is 0.618 bits per heavy atom. The van der Waals surface area contributed by atoms with Gasteiger partial charge in [-0.1, -0.05) is 291 Å². The number of halogens is 9. The molecule has 4 aromatic carbocycles. The molecule has 0 aliphatic rings. The number of carbonyl (C=O) groups excluding carboxylic acids is 12. The summed E-state index contributed by atoms with van der Waals surface area (Å²) < 4.78 is 29.8. The second-order valence-electron chi connectivity index (χ2n) is 29.0. The van der Waals surface area contributed by atoms with Crippen molar-refractivity contribution < 1.29 is 130 Å². The van der Waals surface area contributed by atoms with Crippen molar-refractivity contribution in [2.75, 3.05) is 50.3 Å². The zero-order chi connectivity index (χ0) is 92.8. The average molecular weight is 2290 g/mol. The molecule has 0 saturated heterocycles. The molecule has 0 N–H and O–H groups in total. The van der Waals surface area contributed by atoms with E-state index < -0.39 is 88.4 Å². The molecule has 29 heteroatoms. The quantitative estimate of drug-likeness (QED) is 0.00458. The van der Waals surface area contributed by atoms with Crippen LogP contribution in [0.25, 0.3) is 0 Å². The first-order chi connectivity index (χ1) is 58.3. The van der Waals surface area contributed by atoms with Gasteiger partial charge in [0.2, 0.25) is 5.24 Å². The Bertz CT molecular complexity index is 3400. The van der Waals surface area contributed by atoms with Crippen LogP contribution in [0, 0.1) is 16.7 Å². The van der Waals surface area contributed by atoms with E-state index in [2.05, 4.69) is 161 Å². The first-order valence-corrected chi connectivity index (χ1v) is 63.7. The van der Waals surface area contributed by atoms with Crippen molar-refractivity contribution in [2.24, 2.45) is 16.7 Å². The van der Waals surface area contributed by atoms with Gasteiger partial charge in [-0.15, -0.1) is 0 Å². The van der Waals surface area contributed by atoms with Gasteiger partial charge in [-0.2, -0.15) is 0 Å². The van der Waals surface area contributed by atoms with Crippen LogP contribution in [0.4, 0.5) is 0 Å². The summed E-state index contributed by atoms with van der Waals surface area (Å²) in [5.74, 6) is -6.82. The Kier molecular flexibility index (Phi) is 91.8. The van der Waals surface area contributed by atoms with Crippen molar-refractivity contribution in [1.29, 1.82) is 0 Å². The third-order valence-electron chi connectivity index (χ3n) is 18.6. The third kappa shape index (κ3) is 69.2. The fraction of sp³-hybridized carbons (Fsp3) is 0.617. The molecule has 0 aliphatic heterocycles. The van der Waals surface area contributed by atoms with Crippen LogP contribution in [0.3, 0.4) is 0 Å². The number of ketones is 5. The molecule has 0 unspecified atom stereocenters. The number of rotatable bonds is 55. The predicted octanol–water partition coefficient (Wildman–Crippen LogP) is 20.1. The maximum absolute atomic E-state index is 13.0. The second-order valence-corrected chi connectivity index (χ2v) is 53.2. The molecule has 0 fully saturated rings. The van der Waals surface area contributed by atoms with Gasteiger partial charge >= 0.3 is 127 Å². The van der Waals surface area contributed by atoms with Crippen molar-refractivity contribution in [1.82, 2.24) is 0 Å². The van der Waals surface area contributed by atoms with Crippen molar-refractivity contribution in [2.45, 2.75) is 308 Å². The van der Waals surface area contributed by atoms with Gasteiger partial charge in [0.15, 0.2) is 28.3 Å². The summed E-state index contributed by atoms with van der Waals surface area (Å²) in [6.45, 7) is 23.4. The van der Waals surface area contributed by atoms with E-state index in [1.807, 2.05) is 36.4 Å². The van der Waals surface area contributed by atoms with E-state index in [9.17, 15) is 57.5 Å². The molecule has 0 aromatic heterocycles. The van der Waals surface area contributed by atoms with E-state index in [0.29, 0.717) is 30.6 Å². The Morgan fingerprint density at radius 3 is 0.886 bits per heavy atom. The topological polar surface area (TPSA) is 260 Å². The van der Waals surface area contributed by atoms with E-state index in [1.54, 1.807) is 53.7 Å². The second kappa shape index (κ2) is 87.5. The van der Waals surface area contributed by atoms with Gasteiger partial charge in [-0.05, 0) is 166 Å². The van der Waals surface area contributed by atoms with E-state index in [4.69, 9.17) is 60.7 Å². The minimum Gasteiger partial charge on any atom is -1.00 e. The number of carbonyl (C=O) groups is 12. The molecule has 0 saturated carbocycles. The van der Waals surface area contributed by atoms with Crippen LogP contribution >= 0.6 is 111 Å². The number of Topliss-reactive ketones (excluding diaryl/α,β-unsaturated/α-hetero) is 5. The van der Waals surface area contributed by atoms with Gasteiger partial charge < -0.3 is 29.8 Å². The Hall–Kier alpha value is -2.44. The summed E-state index contributed by atoms with van der Waals surface area (Å²) >= 11 is 14.4. The van der Waals surface area contributed by atoms with Crippen LogP contribution in [0.5, 0.6) is 0 Å². The van der Waals surface area contributed by atoms with Crippen molar-refractivity contribution in [3.05, 3.63) is 142 Å². The molecule has 4 aromatic rings. The fourth-order valence-corrected chi connectivity index (χ4v) is 12.7. The molecule has 0 spiro atoms. The van der Waals surface area contributed by atoms with Crippen molar-refractivity contribution in [3.63, 3.8) is 0 Å². The fourth-order valence-electron chi connectivity index (χ4n) is 12.4.